The minimum atomic E-state index is -1.69. The average molecular weight is 593 g/mol. The second kappa shape index (κ2) is 13.8. The summed E-state index contributed by atoms with van der Waals surface area (Å²) in [6.45, 7) is 5.67. The zero-order valence-corrected chi connectivity index (χ0v) is 24.2. The molecular weight excluding hydrogens is 560 g/mol. The van der Waals surface area contributed by atoms with Crippen LogP contribution in [0.5, 0.6) is 0 Å². The quantitative estimate of drug-likeness (QED) is 0.197. The molecule has 2 aromatic rings. The van der Waals surface area contributed by atoms with Crippen LogP contribution in [0.25, 0.3) is 0 Å². The number of benzene rings is 2. The predicted molar refractivity (Wildman–Crippen MR) is 162 cm³/mol. The van der Waals surface area contributed by atoms with Crippen LogP contribution >= 0.6 is 11.8 Å². The number of carbonyl (C=O) groups excluding carboxylic acids is 4. The molecule has 2 heterocycles. The molecule has 5 amide bonds. The molecule has 220 valence electrons. The lowest BCUT2D eigenvalue weighted by Gasteiger charge is -2.32. The number of thioether (sulfide) groups is 1. The summed E-state index contributed by atoms with van der Waals surface area (Å²) in [5.74, 6) is -2.50. The molecule has 2 aliphatic rings. The van der Waals surface area contributed by atoms with Gasteiger partial charge >= 0.3 is 18.0 Å². The molecule has 2 atom stereocenters. The highest BCUT2D eigenvalue weighted by atomic mass is 32.2. The fraction of sp³-hybridized carbons (Fsp3) is 0.321. The molecule has 0 aromatic heterocycles. The van der Waals surface area contributed by atoms with Crippen LogP contribution in [0.4, 0.5) is 21.0 Å². The summed E-state index contributed by atoms with van der Waals surface area (Å²) in [5.41, 5.74) is 6.12. The molecule has 4 rings (SSSR count). The van der Waals surface area contributed by atoms with Gasteiger partial charge in [-0.2, -0.15) is 10.2 Å². The summed E-state index contributed by atoms with van der Waals surface area (Å²) in [7, 11) is 0. The normalized spacial score (nSPS) is 19.3. The van der Waals surface area contributed by atoms with Gasteiger partial charge in [-0.3, -0.25) is 19.5 Å². The molecule has 0 radical (unpaired) electrons. The highest BCUT2D eigenvalue weighted by Gasteiger charge is 2.62. The minimum absolute atomic E-state index is 0.0397. The van der Waals surface area contributed by atoms with Crippen LogP contribution in [0.1, 0.15) is 27.2 Å². The van der Waals surface area contributed by atoms with E-state index in [2.05, 4.69) is 36.7 Å². The molecule has 42 heavy (non-hydrogen) atoms. The number of hydrogen-bond donors (Lipinski definition) is 4. The number of nitrogens with zero attached hydrogens (tertiary/aromatic N) is 4. The fourth-order valence-electron chi connectivity index (χ4n) is 4.51. The van der Waals surface area contributed by atoms with Crippen LogP contribution < -0.4 is 21.5 Å². The second-order valence-corrected chi connectivity index (χ2v) is 10.5. The molecule has 0 spiro atoms. The molecular formula is C28H32N8O5S. The van der Waals surface area contributed by atoms with Crippen LogP contribution in [0, 0.1) is 5.92 Å². The molecule has 13 nitrogen and oxygen atoms in total. The van der Waals surface area contributed by atoms with Gasteiger partial charge in [-0.15, -0.1) is 0 Å². The van der Waals surface area contributed by atoms with E-state index < -0.39 is 34.6 Å². The van der Waals surface area contributed by atoms with Crippen molar-refractivity contribution in [2.75, 3.05) is 30.3 Å². The Kier molecular flexibility index (Phi) is 9.91. The zero-order chi connectivity index (χ0) is 30.1. The highest BCUT2D eigenvalue weighted by Crippen LogP contribution is 2.46. The Labute approximate surface area is 247 Å². The lowest BCUT2D eigenvalue weighted by molar-refractivity contribution is -0.148. The van der Waals surface area contributed by atoms with Gasteiger partial charge in [0, 0.05) is 24.5 Å². The van der Waals surface area contributed by atoms with Gasteiger partial charge in [-0.25, -0.2) is 20.4 Å². The van der Waals surface area contributed by atoms with Crippen molar-refractivity contribution in [2.24, 2.45) is 21.1 Å². The van der Waals surface area contributed by atoms with E-state index in [4.69, 9.17) is 4.74 Å². The minimum Gasteiger partial charge on any atom is -0.465 e. The van der Waals surface area contributed by atoms with E-state index in [9.17, 15) is 19.2 Å². The number of esters is 1. The largest absolute Gasteiger partial charge is 0.465 e. The highest BCUT2D eigenvalue weighted by molar-refractivity contribution is 8.17. The molecule has 0 bridgehead atoms. The number of fused-ring (bicyclic) bond motifs is 1. The Balaban J connectivity index is 1.67. The molecule has 1 fully saturated rings. The van der Waals surface area contributed by atoms with Crippen molar-refractivity contribution in [3.63, 3.8) is 0 Å². The summed E-state index contributed by atoms with van der Waals surface area (Å²) in [6, 6.07) is 16.2. The van der Waals surface area contributed by atoms with E-state index in [1.165, 1.54) is 11.8 Å². The third-order valence-electron chi connectivity index (χ3n) is 6.44. The van der Waals surface area contributed by atoms with Crippen molar-refractivity contribution in [1.82, 2.24) is 15.8 Å². The van der Waals surface area contributed by atoms with Crippen LogP contribution in [0.2, 0.25) is 0 Å². The number of hydrogen-bond acceptors (Lipinski definition) is 9. The van der Waals surface area contributed by atoms with Crippen molar-refractivity contribution < 1.29 is 23.9 Å². The van der Waals surface area contributed by atoms with Gasteiger partial charge in [-0.05, 0) is 51.5 Å². The lowest BCUT2D eigenvalue weighted by Crippen LogP contribution is -2.56. The Morgan fingerprint density at radius 2 is 1.55 bits per heavy atom. The van der Waals surface area contributed by atoms with Crippen molar-refractivity contribution >= 4 is 63.7 Å². The molecule has 1 saturated heterocycles. The van der Waals surface area contributed by atoms with Gasteiger partial charge in [0.05, 0.1) is 18.0 Å². The van der Waals surface area contributed by atoms with Crippen LogP contribution in [0.3, 0.4) is 0 Å². The average Bonchev–Trinajstić information content (AvgIpc) is 3.29. The third kappa shape index (κ3) is 6.77. The zero-order valence-electron chi connectivity index (χ0n) is 23.4. The van der Waals surface area contributed by atoms with E-state index in [0.29, 0.717) is 36.1 Å². The van der Waals surface area contributed by atoms with Gasteiger partial charge in [0.15, 0.2) is 9.91 Å². The van der Waals surface area contributed by atoms with Gasteiger partial charge < -0.3 is 15.4 Å². The monoisotopic (exact) mass is 592 g/mol. The van der Waals surface area contributed by atoms with Crippen LogP contribution in [-0.2, 0) is 14.3 Å². The Morgan fingerprint density at radius 1 is 0.976 bits per heavy atom. The molecule has 2 aromatic carbocycles. The lowest BCUT2D eigenvalue weighted by atomic mass is 9.83. The third-order valence-corrected chi connectivity index (χ3v) is 8.00. The number of para-hydroxylation sites is 2. The van der Waals surface area contributed by atoms with Gasteiger partial charge in [0.25, 0.3) is 5.91 Å². The van der Waals surface area contributed by atoms with Crippen molar-refractivity contribution in [1.29, 1.82) is 0 Å². The molecule has 2 unspecified atom stereocenters. The first kappa shape index (κ1) is 30.2. The number of rotatable bonds is 9. The summed E-state index contributed by atoms with van der Waals surface area (Å²) in [4.78, 5) is 58.8. The van der Waals surface area contributed by atoms with Crippen molar-refractivity contribution in [3.05, 3.63) is 60.7 Å². The van der Waals surface area contributed by atoms with Gasteiger partial charge in [0.2, 0.25) is 0 Å². The summed E-state index contributed by atoms with van der Waals surface area (Å²) in [6.07, 6.45) is 0.651. The van der Waals surface area contributed by atoms with E-state index in [0.717, 1.165) is 11.8 Å². The molecule has 0 saturated carbocycles. The first-order chi connectivity index (χ1) is 20.3. The molecule has 0 aliphatic carbocycles. The van der Waals surface area contributed by atoms with E-state index >= 15 is 0 Å². The number of carbonyl (C=O) groups is 4. The maximum atomic E-state index is 14.1. The summed E-state index contributed by atoms with van der Waals surface area (Å²) >= 11 is 1.06. The molecule has 14 heteroatoms. The number of ether oxygens (including phenoxy) is 1. The van der Waals surface area contributed by atoms with Crippen molar-refractivity contribution in [3.8, 4) is 0 Å². The van der Waals surface area contributed by atoms with Crippen LogP contribution in [0.15, 0.2) is 75.9 Å². The van der Waals surface area contributed by atoms with E-state index in [1.54, 1.807) is 62.4 Å². The van der Waals surface area contributed by atoms with E-state index in [-0.39, 0.29) is 18.0 Å². The van der Waals surface area contributed by atoms with Gasteiger partial charge in [-0.1, -0.05) is 48.2 Å². The maximum Gasteiger partial charge on any atom is 0.339 e. The maximum absolute atomic E-state index is 14.1. The predicted octanol–water partition coefficient (Wildman–Crippen LogP) is 3.63. The number of nitrogens with one attached hydrogen (secondary N) is 4. The number of aliphatic imine (C=N–C) groups is 1. The van der Waals surface area contributed by atoms with E-state index in [1.807, 2.05) is 12.1 Å². The first-order valence-electron chi connectivity index (χ1n) is 13.3. The summed E-state index contributed by atoms with van der Waals surface area (Å²) in [5, 5.41) is 14.2. The molecule has 4 N–H and O–H groups in total. The Morgan fingerprint density at radius 3 is 2.10 bits per heavy atom. The van der Waals surface area contributed by atoms with Crippen molar-refractivity contribution in [2.45, 2.75) is 31.9 Å². The second-order valence-electron chi connectivity index (χ2n) is 9.31. The number of hydrazone groups is 2. The SMILES string of the molecule is CCOC(=O)C(/C(C)=N/NC(=O)Nc1ccccc1)C1(/C(C)=N/NC(=O)Nc2ccccc2)SC2=NCCCN2C1=O. The molecule has 2 aliphatic heterocycles. The smallest absolute Gasteiger partial charge is 0.339 e. The first-order valence-corrected chi connectivity index (χ1v) is 14.1. The number of anilines is 2. The topological polar surface area (TPSA) is 166 Å². The Bertz CT molecular complexity index is 1420. The Hall–Kier alpha value is -4.72. The van der Waals surface area contributed by atoms with Gasteiger partial charge in [0.1, 0.15) is 5.92 Å². The number of amidine groups is 1. The summed E-state index contributed by atoms with van der Waals surface area (Å²) < 4.78 is 3.70. The fourth-order valence-corrected chi connectivity index (χ4v) is 6.01. The number of amides is 5. The van der Waals surface area contributed by atoms with Crippen LogP contribution in [-0.4, -0.2) is 69.9 Å². The standard InChI is InChI=1S/C28H32N8O5S/c1-4-41-23(37)22(18(2)32-34-25(39)30-20-12-7-5-8-13-20)28(24(38)36-17-11-16-29-27(36)42-28)19(3)33-35-26(40)31-21-14-9-6-10-15-21/h5-10,12-15,22H,4,11,16-17H2,1-3H3,(H2,30,34,39)(H2,31,35,40)/b32-18+,33-19+. The number of urea groups is 2.